The number of amides is 1. The van der Waals surface area contributed by atoms with Crippen molar-refractivity contribution in [3.8, 4) is 5.75 Å². The molecular weight excluding hydrogens is 252 g/mol. The molecule has 0 aromatic heterocycles. The van der Waals surface area contributed by atoms with E-state index in [0.29, 0.717) is 6.54 Å². The maximum atomic E-state index is 12.6. The Labute approximate surface area is 119 Å². The molecule has 0 unspecified atom stereocenters. The zero-order valence-corrected chi connectivity index (χ0v) is 12.2. The predicted octanol–water partition coefficient (Wildman–Crippen LogP) is 3.26. The van der Waals surface area contributed by atoms with Crippen LogP contribution < -0.4 is 15.4 Å². The maximum absolute atomic E-state index is 12.6. The van der Waals surface area contributed by atoms with Crippen LogP contribution in [0.5, 0.6) is 5.75 Å². The van der Waals surface area contributed by atoms with E-state index in [0.717, 1.165) is 48.7 Å². The molecule has 1 aromatic rings. The van der Waals surface area contributed by atoms with Gasteiger partial charge in [-0.15, -0.1) is 0 Å². The molecule has 1 fully saturated rings. The number of anilines is 2. The zero-order valence-electron chi connectivity index (χ0n) is 12.2. The van der Waals surface area contributed by atoms with E-state index in [1.165, 1.54) is 0 Å². The minimum atomic E-state index is -0.251. The first-order valence-electron chi connectivity index (χ1n) is 7.36. The molecule has 1 spiro atoms. The lowest BCUT2D eigenvalue weighted by molar-refractivity contribution is -0.126. The van der Waals surface area contributed by atoms with Crippen LogP contribution in [0.3, 0.4) is 0 Å². The molecular formula is C16H22N2O2. The second-order valence-corrected chi connectivity index (χ2v) is 6.18. The summed E-state index contributed by atoms with van der Waals surface area (Å²) in [6, 6.07) is 5.73. The SMILES string of the molecule is COc1ccc2c(c1)NCC1(CCC(C)CC1)C(=O)N2. The normalized spacial score (nSPS) is 29.1. The van der Waals surface area contributed by atoms with E-state index in [-0.39, 0.29) is 11.3 Å². The van der Waals surface area contributed by atoms with Gasteiger partial charge in [0, 0.05) is 12.6 Å². The highest BCUT2D eigenvalue weighted by Gasteiger charge is 2.42. The fourth-order valence-electron chi connectivity index (χ4n) is 3.22. The van der Waals surface area contributed by atoms with Crippen LogP contribution in [0.4, 0.5) is 11.4 Å². The highest BCUT2D eigenvalue weighted by atomic mass is 16.5. The summed E-state index contributed by atoms with van der Waals surface area (Å²) in [7, 11) is 1.65. The van der Waals surface area contributed by atoms with Crippen molar-refractivity contribution in [3.05, 3.63) is 18.2 Å². The number of benzene rings is 1. The van der Waals surface area contributed by atoms with Crippen molar-refractivity contribution in [1.29, 1.82) is 0 Å². The third-order valence-corrected chi connectivity index (χ3v) is 4.81. The third kappa shape index (κ3) is 2.23. The van der Waals surface area contributed by atoms with Crippen molar-refractivity contribution in [2.24, 2.45) is 11.3 Å². The Balaban J connectivity index is 1.86. The second kappa shape index (κ2) is 5.00. The molecule has 1 aliphatic heterocycles. The minimum Gasteiger partial charge on any atom is -0.497 e. The van der Waals surface area contributed by atoms with Gasteiger partial charge in [0.2, 0.25) is 5.91 Å². The number of hydrogen-bond acceptors (Lipinski definition) is 3. The van der Waals surface area contributed by atoms with Gasteiger partial charge in [-0.25, -0.2) is 0 Å². The molecule has 2 N–H and O–H groups in total. The van der Waals surface area contributed by atoms with Gasteiger partial charge < -0.3 is 15.4 Å². The van der Waals surface area contributed by atoms with Crippen molar-refractivity contribution in [2.75, 3.05) is 24.3 Å². The lowest BCUT2D eigenvalue weighted by Gasteiger charge is -2.36. The number of fused-ring (bicyclic) bond motifs is 1. The van der Waals surface area contributed by atoms with E-state index >= 15 is 0 Å². The molecule has 20 heavy (non-hydrogen) atoms. The highest BCUT2D eigenvalue weighted by molar-refractivity contribution is 6.00. The van der Waals surface area contributed by atoms with Gasteiger partial charge in [0.25, 0.3) is 0 Å². The molecule has 0 atom stereocenters. The van der Waals surface area contributed by atoms with E-state index in [1.807, 2.05) is 18.2 Å². The number of nitrogens with one attached hydrogen (secondary N) is 2. The zero-order chi connectivity index (χ0) is 14.2. The monoisotopic (exact) mass is 274 g/mol. The van der Waals surface area contributed by atoms with Gasteiger partial charge in [-0.05, 0) is 43.7 Å². The van der Waals surface area contributed by atoms with Crippen LogP contribution in [0, 0.1) is 11.3 Å². The summed E-state index contributed by atoms with van der Waals surface area (Å²) in [5.74, 6) is 1.71. The van der Waals surface area contributed by atoms with Crippen LogP contribution in [-0.4, -0.2) is 19.6 Å². The predicted molar refractivity (Wildman–Crippen MR) is 80.2 cm³/mol. The van der Waals surface area contributed by atoms with E-state index in [9.17, 15) is 4.79 Å². The summed E-state index contributed by atoms with van der Waals surface area (Å²) in [5, 5.41) is 6.53. The molecule has 3 rings (SSSR count). The number of ether oxygens (including phenoxy) is 1. The fourth-order valence-corrected chi connectivity index (χ4v) is 3.22. The first-order valence-corrected chi connectivity index (χ1v) is 7.36. The molecule has 4 heteroatoms. The maximum Gasteiger partial charge on any atom is 0.232 e. The molecule has 0 bridgehead atoms. The number of carbonyl (C=O) groups is 1. The lowest BCUT2D eigenvalue weighted by atomic mass is 9.70. The number of carbonyl (C=O) groups excluding carboxylic acids is 1. The Kier molecular flexibility index (Phi) is 3.32. The average molecular weight is 274 g/mol. The highest BCUT2D eigenvalue weighted by Crippen LogP contribution is 2.42. The summed E-state index contributed by atoms with van der Waals surface area (Å²) in [6.07, 6.45) is 4.21. The van der Waals surface area contributed by atoms with Crippen LogP contribution in [0.15, 0.2) is 18.2 Å². The van der Waals surface area contributed by atoms with Gasteiger partial charge in [0.05, 0.1) is 23.9 Å². The van der Waals surface area contributed by atoms with E-state index in [1.54, 1.807) is 7.11 Å². The Morgan fingerprint density at radius 1 is 1.25 bits per heavy atom. The van der Waals surface area contributed by atoms with Gasteiger partial charge in [-0.3, -0.25) is 4.79 Å². The van der Waals surface area contributed by atoms with E-state index in [2.05, 4.69) is 17.6 Å². The van der Waals surface area contributed by atoms with Crippen molar-refractivity contribution in [1.82, 2.24) is 0 Å². The summed E-state index contributed by atoms with van der Waals surface area (Å²) in [5.41, 5.74) is 1.55. The van der Waals surface area contributed by atoms with Crippen LogP contribution in [0.2, 0.25) is 0 Å². The first kappa shape index (κ1) is 13.3. The third-order valence-electron chi connectivity index (χ3n) is 4.81. The molecule has 4 nitrogen and oxygen atoms in total. The van der Waals surface area contributed by atoms with Crippen molar-refractivity contribution in [2.45, 2.75) is 32.6 Å². The van der Waals surface area contributed by atoms with E-state index < -0.39 is 0 Å². The van der Waals surface area contributed by atoms with Gasteiger partial charge in [-0.1, -0.05) is 6.92 Å². The van der Waals surface area contributed by atoms with Crippen LogP contribution in [-0.2, 0) is 4.79 Å². The summed E-state index contributed by atoms with van der Waals surface area (Å²) < 4.78 is 5.25. The van der Waals surface area contributed by atoms with Gasteiger partial charge >= 0.3 is 0 Å². The lowest BCUT2D eigenvalue weighted by Crippen LogP contribution is -2.42. The molecule has 1 amide bonds. The quantitative estimate of drug-likeness (QED) is 0.826. The molecule has 0 radical (unpaired) electrons. The standard InChI is InChI=1S/C16H22N2O2/c1-11-5-7-16(8-6-11)10-17-14-9-12(20-2)3-4-13(14)18-15(16)19/h3-4,9,11,17H,5-8,10H2,1-2H3,(H,18,19). The summed E-state index contributed by atoms with van der Waals surface area (Å²) in [4.78, 5) is 12.6. The van der Waals surface area contributed by atoms with Crippen LogP contribution >= 0.6 is 0 Å². The Morgan fingerprint density at radius 3 is 2.70 bits per heavy atom. The Hall–Kier alpha value is -1.71. The molecule has 1 aromatic carbocycles. The molecule has 1 saturated carbocycles. The summed E-state index contributed by atoms with van der Waals surface area (Å²) >= 11 is 0. The molecule has 108 valence electrons. The van der Waals surface area contributed by atoms with E-state index in [4.69, 9.17) is 4.74 Å². The topological polar surface area (TPSA) is 50.4 Å². The fraction of sp³-hybridized carbons (Fsp3) is 0.562. The summed E-state index contributed by atoms with van der Waals surface area (Å²) in [6.45, 7) is 2.99. The van der Waals surface area contributed by atoms with Crippen molar-refractivity contribution < 1.29 is 9.53 Å². The van der Waals surface area contributed by atoms with Crippen LogP contribution in [0.1, 0.15) is 32.6 Å². The van der Waals surface area contributed by atoms with Gasteiger partial charge in [0.15, 0.2) is 0 Å². The molecule has 0 saturated heterocycles. The smallest absolute Gasteiger partial charge is 0.232 e. The average Bonchev–Trinajstić information content (AvgIpc) is 2.60. The Bertz CT molecular complexity index is 519. The minimum absolute atomic E-state index is 0.167. The largest absolute Gasteiger partial charge is 0.497 e. The number of methoxy groups -OCH3 is 1. The molecule has 1 heterocycles. The number of hydrogen-bond donors (Lipinski definition) is 2. The molecule has 1 aliphatic carbocycles. The Morgan fingerprint density at radius 2 is 2.00 bits per heavy atom. The van der Waals surface area contributed by atoms with Crippen molar-refractivity contribution >= 4 is 17.3 Å². The van der Waals surface area contributed by atoms with Crippen molar-refractivity contribution in [3.63, 3.8) is 0 Å². The van der Waals surface area contributed by atoms with Gasteiger partial charge in [-0.2, -0.15) is 0 Å². The van der Waals surface area contributed by atoms with Crippen LogP contribution in [0.25, 0.3) is 0 Å². The van der Waals surface area contributed by atoms with Gasteiger partial charge in [0.1, 0.15) is 5.75 Å². The molecule has 2 aliphatic rings. The first-order chi connectivity index (χ1) is 9.63. The second-order valence-electron chi connectivity index (χ2n) is 6.18. The number of rotatable bonds is 1.